The van der Waals surface area contributed by atoms with Gasteiger partial charge in [-0.1, -0.05) is 0 Å². The van der Waals surface area contributed by atoms with Crippen molar-refractivity contribution in [1.82, 2.24) is 25.1 Å². The van der Waals surface area contributed by atoms with Crippen LogP contribution in [0.5, 0.6) is 5.88 Å². The van der Waals surface area contributed by atoms with E-state index < -0.39 is 0 Å². The average molecular weight is 359 g/mol. The van der Waals surface area contributed by atoms with Crippen molar-refractivity contribution < 1.29 is 9.53 Å². The van der Waals surface area contributed by atoms with Gasteiger partial charge in [-0.05, 0) is 19.8 Å². The van der Waals surface area contributed by atoms with Gasteiger partial charge in [0, 0.05) is 45.5 Å². The van der Waals surface area contributed by atoms with Crippen LogP contribution in [0, 0.1) is 6.92 Å². The summed E-state index contributed by atoms with van der Waals surface area (Å²) in [7, 11) is 3.24. The fraction of sp³-hybridized carbons (Fsp3) is 0.529. The summed E-state index contributed by atoms with van der Waals surface area (Å²) in [5.41, 5.74) is 0.421. The minimum absolute atomic E-state index is 0.214. The molecule has 3 heterocycles. The number of amides is 1. The summed E-state index contributed by atoms with van der Waals surface area (Å²) in [5, 5.41) is 10.2. The van der Waals surface area contributed by atoms with Gasteiger partial charge in [0.15, 0.2) is 0 Å². The first-order valence-corrected chi connectivity index (χ1v) is 8.77. The maximum atomic E-state index is 12.2. The Morgan fingerprint density at radius 1 is 1.27 bits per heavy atom. The number of hydrogen-bond donors (Lipinski definition) is 2. The van der Waals surface area contributed by atoms with Crippen LogP contribution in [0.2, 0.25) is 0 Å². The zero-order valence-electron chi connectivity index (χ0n) is 15.4. The molecular weight excluding hydrogens is 334 g/mol. The quantitative estimate of drug-likeness (QED) is 0.711. The zero-order valence-corrected chi connectivity index (χ0v) is 15.4. The van der Waals surface area contributed by atoms with Gasteiger partial charge in [-0.2, -0.15) is 0 Å². The number of hydrogen-bond acceptors (Lipinski definition) is 7. The fourth-order valence-corrected chi connectivity index (χ4v) is 2.99. The molecule has 1 amide bonds. The van der Waals surface area contributed by atoms with E-state index in [0.717, 1.165) is 30.5 Å². The Hall–Kier alpha value is -2.84. The van der Waals surface area contributed by atoms with E-state index in [-0.39, 0.29) is 5.91 Å². The monoisotopic (exact) mass is 359 g/mol. The van der Waals surface area contributed by atoms with Gasteiger partial charge in [0.1, 0.15) is 23.0 Å². The number of carbonyl (C=O) groups is 1. The molecule has 0 radical (unpaired) electrons. The summed E-state index contributed by atoms with van der Waals surface area (Å²) in [6, 6.07) is 1.96. The second-order valence-electron chi connectivity index (χ2n) is 6.26. The second kappa shape index (κ2) is 8.03. The van der Waals surface area contributed by atoms with Crippen LogP contribution in [0.1, 0.15) is 29.0 Å². The van der Waals surface area contributed by atoms with Gasteiger partial charge in [-0.15, -0.1) is 5.10 Å². The first kappa shape index (κ1) is 18.0. The Balaban J connectivity index is 1.52. The zero-order chi connectivity index (χ0) is 18.5. The van der Waals surface area contributed by atoms with Crippen LogP contribution in [-0.4, -0.2) is 58.9 Å². The number of aromatic nitrogens is 4. The van der Waals surface area contributed by atoms with Crippen molar-refractivity contribution in [3.8, 4) is 5.88 Å². The molecule has 26 heavy (non-hydrogen) atoms. The summed E-state index contributed by atoms with van der Waals surface area (Å²) in [6.45, 7) is 4.99. The summed E-state index contributed by atoms with van der Waals surface area (Å²) < 4.78 is 6.66. The number of aryl methyl sites for hydroxylation is 2. The highest BCUT2D eigenvalue weighted by Gasteiger charge is 2.16. The number of ether oxygens (including phenoxy) is 1. The molecule has 2 aromatic heterocycles. The average Bonchev–Trinajstić information content (AvgIpc) is 3.27. The molecule has 0 atom stereocenters. The first-order valence-electron chi connectivity index (χ1n) is 8.77. The highest BCUT2D eigenvalue weighted by Crippen LogP contribution is 2.20. The van der Waals surface area contributed by atoms with Gasteiger partial charge in [-0.25, -0.2) is 9.97 Å². The molecular formula is C17H25N7O2. The first-order chi connectivity index (χ1) is 12.6. The van der Waals surface area contributed by atoms with Gasteiger partial charge in [0.2, 0.25) is 5.88 Å². The van der Waals surface area contributed by atoms with Gasteiger partial charge >= 0.3 is 0 Å². The molecule has 0 spiro atoms. The molecule has 2 aromatic rings. The van der Waals surface area contributed by atoms with Gasteiger partial charge in [0.05, 0.1) is 7.11 Å². The third kappa shape index (κ3) is 4.22. The predicted molar refractivity (Wildman–Crippen MR) is 98.8 cm³/mol. The van der Waals surface area contributed by atoms with E-state index in [1.54, 1.807) is 17.9 Å². The van der Waals surface area contributed by atoms with Crippen molar-refractivity contribution in [1.29, 1.82) is 0 Å². The number of nitrogens with one attached hydrogen (secondary N) is 2. The second-order valence-corrected chi connectivity index (χ2v) is 6.26. The summed E-state index contributed by atoms with van der Waals surface area (Å²) in [4.78, 5) is 23.4. The molecule has 9 heteroatoms. The Kier molecular flexibility index (Phi) is 5.55. The highest BCUT2D eigenvalue weighted by atomic mass is 16.5. The Morgan fingerprint density at radius 3 is 2.77 bits per heavy atom. The highest BCUT2D eigenvalue weighted by molar-refractivity contribution is 5.96. The van der Waals surface area contributed by atoms with Crippen LogP contribution in [0.25, 0.3) is 0 Å². The van der Waals surface area contributed by atoms with Gasteiger partial charge < -0.3 is 20.3 Å². The summed E-state index contributed by atoms with van der Waals surface area (Å²) in [5.74, 6) is 2.57. The smallest absolute Gasteiger partial charge is 0.258 e. The van der Waals surface area contributed by atoms with Crippen LogP contribution in [-0.2, 0) is 7.05 Å². The topological polar surface area (TPSA) is 97.2 Å². The molecule has 0 aliphatic carbocycles. The maximum absolute atomic E-state index is 12.2. The minimum Gasteiger partial charge on any atom is -0.479 e. The third-order valence-electron chi connectivity index (χ3n) is 4.20. The number of nitrogens with zero attached hydrogens (tertiary/aromatic N) is 5. The van der Waals surface area contributed by atoms with Crippen LogP contribution in [0.3, 0.4) is 0 Å². The predicted octanol–water partition coefficient (Wildman–Crippen LogP) is 0.969. The number of methoxy groups -OCH3 is 1. The van der Waals surface area contributed by atoms with E-state index in [1.165, 1.54) is 20.0 Å². The number of anilines is 2. The SMILES string of the molecule is COc1nn(C)cc1C(=O)NCCNc1cc(N2CCCC2)nc(C)n1. The van der Waals surface area contributed by atoms with E-state index in [1.807, 2.05) is 13.0 Å². The molecule has 2 N–H and O–H groups in total. The minimum atomic E-state index is -0.214. The molecule has 0 unspecified atom stereocenters. The molecule has 1 aliphatic rings. The van der Waals surface area contributed by atoms with Crippen molar-refractivity contribution >= 4 is 17.5 Å². The maximum Gasteiger partial charge on any atom is 0.258 e. The molecule has 3 rings (SSSR count). The van der Waals surface area contributed by atoms with Crippen molar-refractivity contribution in [3.05, 3.63) is 23.7 Å². The molecule has 0 bridgehead atoms. The van der Waals surface area contributed by atoms with Crippen LogP contribution in [0.4, 0.5) is 11.6 Å². The normalized spacial score (nSPS) is 13.7. The molecule has 1 aliphatic heterocycles. The Bertz CT molecular complexity index is 768. The Morgan fingerprint density at radius 2 is 2.04 bits per heavy atom. The van der Waals surface area contributed by atoms with Crippen molar-refractivity contribution in [2.75, 3.05) is 43.5 Å². The molecule has 0 saturated carbocycles. The number of carbonyl (C=O) groups excluding carboxylic acids is 1. The lowest BCUT2D eigenvalue weighted by atomic mass is 10.3. The lowest BCUT2D eigenvalue weighted by Crippen LogP contribution is -2.29. The standard InChI is InChI=1S/C17H25N7O2/c1-12-20-14(10-15(21-12)24-8-4-5-9-24)18-6-7-19-16(25)13-11-23(2)22-17(13)26-3/h10-11H,4-9H2,1-3H3,(H,19,25)(H,18,20,21). The molecule has 1 fully saturated rings. The fourth-order valence-electron chi connectivity index (χ4n) is 2.99. The van der Waals surface area contributed by atoms with Crippen molar-refractivity contribution in [2.24, 2.45) is 7.05 Å². The van der Waals surface area contributed by atoms with E-state index in [2.05, 4.69) is 30.6 Å². The molecule has 1 saturated heterocycles. The van der Waals surface area contributed by atoms with Crippen LogP contribution < -0.4 is 20.3 Å². The molecule has 140 valence electrons. The van der Waals surface area contributed by atoms with E-state index in [0.29, 0.717) is 24.5 Å². The Labute approximate surface area is 152 Å². The third-order valence-corrected chi connectivity index (χ3v) is 4.20. The molecule has 9 nitrogen and oxygen atoms in total. The van der Waals surface area contributed by atoms with Crippen LogP contribution >= 0.6 is 0 Å². The van der Waals surface area contributed by atoms with E-state index >= 15 is 0 Å². The largest absolute Gasteiger partial charge is 0.479 e. The number of rotatable bonds is 7. The lowest BCUT2D eigenvalue weighted by molar-refractivity contribution is 0.0952. The van der Waals surface area contributed by atoms with Gasteiger partial charge in [-0.3, -0.25) is 9.48 Å². The van der Waals surface area contributed by atoms with E-state index in [9.17, 15) is 4.79 Å². The summed E-state index contributed by atoms with van der Waals surface area (Å²) in [6.07, 6.45) is 4.04. The molecule has 0 aromatic carbocycles. The lowest BCUT2D eigenvalue weighted by Gasteiger charge is -2.17. The van der Waals surface area contributed by atoms with Crippen molar-refractivity contribution in [2.45, 2.75) is 19.8 Å². The van der Waals surface area contributed by atoms with Crippen LogP contribution in [0.15, 0.2) is 12.3 Å². The van der Waals surface area contributed by atoms with Crippen molar-refractivity contribution in [3.63, 3.8) is 0 Å². The van der Waals surface area contributed by atoms with E-state index in [4.69, 9.17) is 4.74 Å². The summed E-state index contributed by atoms with van der Waals surface area (Å²) >= 11 is 0. The van der Waals surface area contributed by atoms with Gasteiger partial charge in [0.25, 0.3) is 5.91 Å².